The number of nitrogens with one attached hydrogen (secondary N) is 1. The Balaban J connectivity index is 1.83. The molecule has 0 aromatic heterocycles. The van der Waals surface area contributed by atoms with Crippen molar-refractivity contribution in [1.82, 2.24) is 5.32 Å². The summed E-state index contributed by atoms with van der Waals surface area (Å²) in [6.45, 7) is 0. The van der Waals surface area contributed by atoms with E-state index in [9.17, 15) is 9.18 Å². The third-order valence-corrected chi connectivity index (χ3v) is 4.33. The van der Waals surface area contributed by atoms with Crippen LogP contribution in [0, 0.1) is 5.82 Å². The van der Waals surface area contributed by atoms with Gasteiger partial charge in [0.05, 0.1) is 16.4 Å². The molecule has 1 aliphatic carbocycles. The molecule has 2 aromatic rings. The van der Waals surface area contributed by atoms with Gasteiger partial charge in [-0.1, -0.05) is 35.9 Å². The number of benzene rings is 2. The van der Waals surface area contributed by atoms with Crippen molar-refractivity contribution in [3.63, 3.8) is 0 Å². The molecule has 1 N–H and O–H groups in total. The van der Waals surface area contributed by atoms with E-state index < -0.39 is 5.82 Å². The van der Waals surface area contributed by atoms with Crippen molar-refractivity contribution >= 4 is 29.1 Å². The Morgan fingerprint density at radius 3 is 2.76 bits per heavy atom. The summed E-state index contributed by atoms with van der Waals surface area (Å²) >= 11 is 12.0. The Kier molecular flexibility index (Phi) is 3.87. The van der Waals surface area contributed by atoms with Gasteiger partial charge in [-0.3, -0.25) is 4.79 Å². The first-order valence-electron chi connectivity index (χ1n) is 6.54. The van der Waals surface area contributed by atoms with Crippen molar-refractivity contribution in [2.24, 2.45) is 0 Å². The molecule has 2 unspecified atom stereocenters. The number of hydrogen-bond donors (Lipinski definition) is 1. The van der Waals surface area contributed by atoms with E-state index in [1.165, 1.54) is 18.2 Å². The summed E-state index contributed by atoms with van der Waals surface area (Å²) in [7, 11) is 0. The van der Waals surface area contributed by atoms with Gasteiger partial charge < -0.3 is 5.32 Å². The third kappa shape index (κ3) is 2.76. The topological polar surface area (TPSA) is 29.1 Å². The molecule has 0 saturated carbocycles. The first kappa shape index (κ1) is 14.4. The molecule has 1 aliphatic rings. The predicted octanol–water partition coefficient (Wildman–Crippen LogP) is 4.11. The summed E-state index contributed by atoms with van der Waals surface area (Å²) in [4.78, 5) is 12.3. The molecule has 0 bridgehead atoms. The number of fused-ring (bicyclic) bond motifs is 1. The van der Waals surface area contributed by atoms with Crippen LogP contribution in [0.15, 0.2) is 42.5 Å². The summed E-state index contributed by atoms with van der Waals surface area (Å²) in [6.07, 6.45) is 0.715. The second-order valence-electron chi connectivity index (χ2n) is 5.00. The maximum Gasteiger partial charge on any atom is 0.251 e. The standard InChI is InChI=1S/C16H12Cl2FNO/c17-12-8-10(5-6-14(12)19)16(21)20-15-11-4-2-1-3-9(11)7-13(15)18/h1-6,8,13,15H,7H2,(H,20,21). The van der Waals surface area contributed by atoms with Crippen molar-refractivity contribution in [3.8, 4) is 0 Å². The predicted molar refractivity (Wildman–Crippen MR) is 81.4 cm³/mol. The Bertz CT molecular complexity index is 704. The van der Waals surface area contributed by atoms with Crippen LogP contribution in [0.1, 0.15) is 27.5 Å². The van der Waals surface area contributed by atoms with E-state index >= 15 is 0 Å². The molecule has 0 heterocycles. The molecule has 21 heavy (non-hydrogen) atoms. The summed E-state index contributed by atoms with van der Waals surface area (Å²) in [6, 6.07) is 11.5. The van der Waals surface area contributed by atoms with E-state index in [0.717, 1.165) is 11.1 Å². The maximum absolute atomic E-state index is 13.1. The molecule has 108 valence electrons. The Morgan fingerprint density at radius 1 is 1.24 bits per heavy atom. The van der Waals surface area contributed by atoms with E-state index in [0.29, 0.717) is 12.0 Å². The molecule has 2 atom stereocenters. The molecular formula is C16H12Cl2FNO. The summed E-state index contributed by atoms with van der Waals surface area (Å²) < 4.78 is 13.1. The molecule has 2 nitrogen and oxygen atoms in total. The van der Waals surface area contributed by atoms with Crippen LogP contribution < -0.4 is 5.32 Å². The quantitative estimate of drug-likeness (QED) is 0.828. The van der Waals surface area contributed by atoms with Gasteiger partial charge in [0.2, 0.25) is 0 Å². The summed E-state index contributed by atoms with van der Waals surface area (Å²) in [5.41, 5.74) is 2.48. The Morgan fingerprint density at radius 2 is 2.00 bits per heavy atom. The fraction of sp³-hybridized carbons (Fsp3) is 0.188. The van der Waals surface area contributed by atoms with Gasteiger partial charge in [-0.2, -0.15) is 0 Å². The van der Waals surface area contributed by atoms with Crippen molar-refractivity contribution in [2.45, 2.75) is 17.8 Å². The molecule has 0 radical (unpaired) electrons. The van der Waals surface area contributed by atoms with Gasteiger partial charge >= 0.3 is 0 Å². The van der Waals surface area contributed by atoms with Gasteiger partial charge in [-0.05, 0) is 35.7 Å². The van der Waals surface area contributed by atoms with Crippen molar-refractivity contribution < 1.29 is 9.18 Å². The number of carbonyl (C=O) groups excluding carboxylic acids is 1. The van der Waals surface area contributed by atoms with Gasteiger partial charge in [-0.25, -0.2) is 4.39 Å². The Hall–Kier alpha value is -1.58. The normalized spacial score (nSPS) is 20.1. The molecular weight excluding hydrogens is 312 g/mol. The average molecular weight is 324 g/mol. The number of halogens is 3. The molecule has 0 spiro atoms. The molecule has 5 heteroatoms. The highest BCUT2D eigenvalue weighted by molar-refractivity contribution is 6.31. The van der Waals surface area contributed by atoms with E-state index in [-0.39, 0.29) is 22.3 Å². The van der Waals surface area contributed by atoms with Crippen LogP contribution in [0.4, 0.5) is 4.39 Å². The highest BCUT2D eigenvalue weighted by Gasteiger charge is 2.32. The summed E-state index contributed by atoms with van der Waals surface area (Å²) in [5, 5.41) is 2.63. The Labute approximate surface area is 131 Å². The minimum Gasteiger partial charge on any atom is -0.344 e. The van der Waals surface area contributed by atoms with Crippen molar-refractivity contribution in [1.29, 1.82) is 0 Å². The smallest absolute Gasteiger partial charge is 0.251 e. The lowest BCUT2D eigenvalue weighted by Crippen LogP contribution is -2.31. The van der Waals surface area contributed by atoms with Crippen molar-refractivity contribution in [3.05, 3.63) is 70.0 Å². The van der Waals surface area contributed by atoms with Crippen LogP contribution in [-0.4, -0.2) is 11.3 Å². The maximum atomic E-state index is 13.1. The SMILES string of the molecule is O=C(NC1c2ccccc2CC1Cl)c1ccc(F)c(Cl)c1. The largest absolute Gasteiger partial charge is 0.344 e. The minimum atomic E-state index is -0.547. The molecule has 2 aromatic carbocycles. The van der Waals surface area contributed by atoms with Crippen LogP contribution in [0.3, 0.4) is 0 Å². The molecule has 0 saturated heterocycles. The highest BCUT2D eigenvalue weighted by Crippen LogP contribution is 2.34. The van der Waals surface area contributed by atoms with Gasteiger partial charge in [0.1, 0.15) is 5.82 Å². The lowest BCUT2D eigenvalue weighted by Gasteiger charge is -2.17. The molecule has 3 rings (SSSR count). The first-order chi connectivity index (χ1) is 10.1. The van der Waals surface area contributed by atoms with Crippen LogP contribution in [0.25, 0.3) is 0 Å². The lowest BCUT2D eigenvalue weighted by atomic mass is 10.1. The fourth-order valence-corrected chi connectivity index (χ4v) is 3.12. The third-order valence-electron chi connectivity index (χ3n) is 3.64. The zero-order valence-corrected chi connectivity index (χ0v) is 12.5. The number of carbonyl (C=O) groups is 1. The van der Waals surface area contributed by atoms with E-state index in [4.69, 9.17) is 23.2 Å². The van der Waals surface area contributed by atoms with Gasteiger partial charge in [-0.15, -0.1) is 11.6 Å². The monoisotopic (exact) mass is 323 g/mol. The summed E-state index contributed by atoms with van der Waals surface area (Å²) in [5.74, 6) is -0.862. The van der Waals surface area contributed by atoms with Crippen LogP contribution in [0.2, 0.25) is 5.02 Å². The number of amides is 1. The number of alkyl halides is 1. The van der Waals surface area contributed by atoms with E-state index in [1.807, 2.05) is 24.3 Å². The van der Waals surface area contributed by atoms with Crippen molar-refractivity contribution in [2.75, 3.05) is 0 Å². The van der Waals surface area contributed by atoms with Gasteiger partial charge in [0.25, 0.3) is 5.91 Å². The average Bonchev–Trinajstić information content (AvgIpc) is 2.78. The second kappa shape index (κ2) is 5.66. The van der Waals surface area contributed by atoms with Crippen LogP contribution in [0.5, 0.6) is 0 Å². The molecule has 1 amide bonds. The van der Waals surface area contributed by atoms with E-state index in [2.05, 4.69) is 5.32 Å². The lowest BCUT2D eigenvalue weighted by molar-refractivity contribution is 0.0937. The number of rotatable bonds is 2. The first-order valence-corrected chi connectivity index (χ1v) is 7.35. The highest BCUT2D eigenvalue weighted by atomic mass is 35.5. The van der Waals surface area contributed by atoms with Crippen LogP contribution in [-0.2, 0) is 6.42 Å². The van der Waals surface area contributed by atoms with Crippen LogP contribution >= 0.6 is 23.2 Å². The fourth-order valence-electron chi connectivity index (χ4n) is 2.58. The zero-order chi connectivity index (χ0) is 15.0. The van der Waals surface area contributed by atoms with E-state index in [1.54, 1.807) is 0 Å². The van der Waals surface area contributed by atoms with Gasteiger partial charge in [0.15, 0.2) is 0 Å². The molecule has 0 fully saturated rings. The molecule has 0 aliphatic heterocycles. The second-order valence-corrected chi connectivity index (χ2v) is 5.97. The number of hydrogen-bond acceptors (Lipinski definition) is 1. The minimum absolute atomic E-state index is 0.0723. The zero-order valence-electron chi connectivity index (χ0n) is 10.9. The van der Waals surface area contributed by atoms with Gasteiger partial charge in [0, 0.05) is 5.56 Å².